The van der Waals surface area contributed by atoms with Gasteiger partial charge in [-0.25, -0.2) is 4.68 Å². The predicted octanol–water partition coefficient (Wildman–Crippen LogP) is 2.28. The molecule has 3 heteroatoms. The summed E-state index contributed by atoms with van der Waals surface area (Å²) in [5.41, 5.74) is 1.01. The zero-order chi connectivity index (χ0) is 11.5. The summed E-state index contributed by atoms with van der Waals surface area (Å²) in [4.78, 5) is 11.9. The van der Waals surface area contributed by atoms with Crippen molar-refractivity contribution in [2.45, 2.75) is 26.2 Å². The number of hydrogen-bond acceptors (Lipinski definition) is 2. The smallest absolute Gasteiger partial charge is 0.267 e. The molecule has 1 aromatic heterocycles. The van der Waals surface area contributed by atoms with Gasteiger partial charge < -0.3 is 0 Å². The molecule has 2 rings (SSSR count). The maximum atomic E-state index is 11.9. The molecule has 0 aliphatic carbocycles. The summed E-state index contributed by atoms with van der Waals surface area (Å²) in [5.74, 6) is 0. The van der Waals surface area contributed by atoms with E-state index in [1.165, 1.54) is 4.68 Å². The topological polar surface area (TPSA) is 34.9 Å². The third-order valence-corrected chi connectivity index (χ3v) is 2.80. The minimum absolute atomic E-state index is 0.0177. The van der Waals surface area contributed by atoms with Crippen molar-refractivity contribution in [3.63, 3.8) is 0 Å². The number of aromatic nitrogens is 2. The number of rotatable bonds is 3. The molecule has 0 radical (unpaired) electrons. The van der Waals surface area contributed by atoms with E-state index in [-0.39, 0.29) is 5.56 Å². The molecule has 0 aliphatic heterocycles. The van der Waals surface area contributed by atoms with Gasteiger partial charge in [0.15, 0.2) is 0 Å². The van der Waals surface area contributed by atoms with Gasteiger partial charge in [-0.15, -0.1) is 0 Å². The van der Waals surface area contributed by atoms with E-state index in [0.29, 0.717) is 0 Å². The monoisotopic (exact) mass is 216 g/mol. The summed E-state index contributed by atoms with van der Waals surface area (Å²) in [6.07, 6.45) is 3.18. The van der Waals surface area contributed by atoms with Gasteiger partial charge >= 0.3 is 0 Å². The highest BCUT2D eigenvalue weighted by Gasteiger charge is 2.07. The summed E-state index contributed by atoms with van der Waals surface area (Å²) in [5, 5.41) is 6.11. The van der Waals surface area contributed by atoms with Crippen LogP contribution >= 0.6 is 0 Å². The van der Waals surface area contributed by atoms with Gasteiger partial charge in [0.2, 0.25) is 0 Å². The minimum Gasteiger partial charge on any atom is -0.267 e. The van der Waals surface area contributed by atoms with Crippen LogP contribution in [0.3, 0.4) is 0 Å². The Morgan fingerprint density at radius 1 is 1.25 bits per heavy atom. The van der Waals surface area contributed by atoms with Crippen LogP contribution in [-0.2, 0) is 13.5 Å². The van der Waals surface area contributed by atoms with Crippen LogP contribution in [0.4, 0.5) is 0 Å². The Morgan fingerprint density at radius 3 is 2.62 bits per heavy atom. The molecule has 2 aromatic rings. The maximum absolute atomic E-state index is 11.9. The van der Waals surface area contributed by atoms with Crippen LogP contribution in [-0.4, -0.2) is 9.78 Å². The Balaban J connectivity index is 2.65. The Bertz CT molecular complexity index is 557. The van der Waals surface area contributed by atoms with Gasteiger partial charge in [0, 0.05) is 12.4 Å². The summed E-state index contributed by atoms with van der Waals surface area (Å²) in [6.45, 7) is 2.16. The van der Waals surface area contributed by atoms with Crippen molar-refractivity contribution >= 4 is 10.8 Å². The molecule has 0 amide bonds. The van der Waals surface area contributed by atoms with Gasteiger partial charge in [0.05, 0.1) is 11.1 Å². The van der Waals surface area contributed by atoms with Gasteiger partial charge in [-0.1, -0.05) is 31.5 Å². The molecule has 0 fully saturated rings. The van der Waals surface area contributed by atoms with Crippen molar-refractivity contribution in [2.24, 2.45) is 7.05 Å². The van der Waals surface area contributed by atoms with E-state index in [4.69, 9.17) is 0 Å². The fraction of sp³-hybridized carbons (Fsp3) is 0.385. The van der Waals surface area contributed by atoms with Gasteiger partial charge in [0.1, 0.15) is 0 Å². The van der Waals surface area contributed by atoms with Gasteiger partial charge in [-0.2, -0.15) is 5.10 Å². The van der Waals surface area contributed by atoms with Crippen LogP contribution in [0.5, 0.6) is 0 Å². The number of unbranched alkanes of at least 4 members (excludes halogenated alkanes) is 1. The van der Waals surface area contributed by atoms with Gasteiger partial charge in [-0.05, 0) is 18.9 Å². The first-order valence-electron chi connectivity index (χ1n) is 5.69. The van der Waals surface area contributed by atoms with E-state index >= 15 is 0 Å². The van der Waals surface area contributed by atoms with Crippen LogP contribution < -0.4 is 5.56 Å². The van der Waals surface area contributed by atoms with Crippen LogP contribution in [0, 0.1) is 0 Å². The third-order valence-electron chi connectivity index (χ3n) is 2.80. The molecule has 1 heterocycles. The van der Waals surface area contributed by atoms with Crippen molar-refractivity contribution < 1.29 is 0 Å². The van der Waals surface area contributed by atoms with Crippen molar-refractivity contribution in [3.8, 4) is 0 Å². The van der Waals surface area contributed by atoms with Crippen molar-refractivity contribution in [2.75, 3.05) is 0 Å². The lowest BCUT2D eigenvalue weighted by Gasteiger charge is -2.07. The lowest BCUT2D eigenvalue weighted by atomic mass is 10.1. The van der Waals surface area contributed by atoms with Crippen LogP contribution in [0.1, 0.15) is 25.5 Å². The molecule has 0 N–H and O–H groups in total. The number of fused-ring (bicyclic) bond motifs is 1. The molecule has 0 saturated carbocycles. The first kappa shape index (κ1) is 10.9. The summed E-state index contributed by atoms with van der Waals surface area (Å²) >= 11 is 0. The fourth-order valence-electron chi connectivity index (χ4n) is 1.90. The summed E-state index contributed by atoms with van der Waals surface area (Å²) in [6, 6.07) is 7.70. The van der Waals surface area contributed by atoms with E-state index in [2.05, 4.69) is 12.0 Å². The van der Waals surface area contributed by atoms with Gasteiger partial charge in [-0.3, -0.25) is 4.79 Å². The number of hydrogen-bond donors (Lipinski definition) is 0. The lowest BCUT2D eigenvalue weighted by Crippen LogP contribution is -2.21. The SMILES string of the molecule is CCCCc1nn(C)c(=O)c2ccccc12. The second-order valence-corrected chi connectivity index (χ2v) is 4.02. The predicted molar refractivity (Wildman–Crippen MR) is 65.6 cm³/mol. The Kier molecular flexibility index (Phi) is 3.04. The average Bonchev–Trinajstić information content (AvgIpc) is 2.32. The number of benzene rings is 1. The first-order chi connectivity index (χ1) is 7.74. The van der Waals surface area contributed by atoms with E-state index in [0.717, 1.165) is 35.7 Å². The number of aryl methyl sites for hydroxylation is 2. The fourth-order valence-corrected chi connectivity index (χ4v) is 1.90. The molecule has 1 aromatic carbocycles. The largest absolute Gasteiger partial charge is 0.274 e. The molecule has 0 bridgehead atoms. The highest BCUT2D eigenvalue weighted by Crippen LogP contribution is 2.14. The van der Waals surface area contributed by atoms with Crippen molar-refractivity contribution in [1.82, 2.24) is 9.78 Å². The maximum Gasteiger partial charge on any atom is 0.274 e. The Morgan fingerprint density at radius 2 is 1.94 bits per heavy atom. The second-order valence-electron chi connectivity index (χ2n) is 4.02. The molecule has 16 heavy (non-hydrogen) atoms. The molecule has 0 aliphatic rings. The van der Waals surface area contributed by atoms with E-state index in [9.17, 15) is 4.79 Å². The molecule has 3 nitrogen and oxygen atoms in total. The lowest BCUT2D eigenvalue weighted by molar-refractivity contribution is 0.671. The van der Waals surface area contributed by atoms with Crippen LogP contribution in [0.15, 0.2) is 29.1 Å². The zero-order valence-electron chi connectivity index (χ0n) is 9.73. The highest BCUT2D eigenvalue weighted by atomic mass is 16.1. The zero-order valence-corrected chi connectivity index (χ0v) is 9.73. The molecule has 0 unspecified atom stereocenters. The molecular weight excluding hydrogens is 200 g/mol. The number of nitrogens with zero attached hydrogens (tertiary/aromatic N) is 2. The van der Waals surface area contributed by atoms with E-state index < -0.39 is 0 Å². The van der Waals surface area contributed by atoms with Crippen LogP contribution in [0.25, 0.3) is 10.8 Å². The van der Waals surface area contributed by atoms with E-state index in [1.807, 2.05) is 24.3 Å². The van der Waals surface area contributed by atoms with Crippen LogP contribution in [0.2, 0.25) is 0 Å². The average molecular weight is 216 g/mol. The minimum atomic E-state index is -0.0177. The normalized spacial score (nSPS) is 10.9. The van der Waals surface area contributed by atoms with Crippen molar-refractivity contribution in [3.05, 3.63) is 40.3 Å². The Labute approximate surface area is 94.7 Å². The molecule has 0 atom stereocenters. The van der Waals surface area contributed by atoms with Crippen molar-refractivity contribution in [1.29, 1.82) is 0 Å². The standard InChI is InChI=1S/C13H16N2O/c1-3-4-9-12-10-7-5-6-8-11(10)13(16)15(2)14-12/h5-8H,3-4,9H2,1-2H3. The van der Waals surface area contributed by atoms with E-state index in [1.54, 1.807) is 7.05 Å². The molecule has 0 saturated heterocycles. The summed E-state index contributed by atoms with van der Waals surface area (Å²) < 4.78 is 1.44. The molecular formula is C13H16N2O. The molecule has 0 spiro atoms. The summed E-state index contributed by atoms with van der Waals surface area (Å²) in [7, 11) is 1.71. The molecule has 84 valence electrons. The third kappa shape index (κ3) is 1.85. The highest BCUT2D eigenvalue weighted by molar-refractivity contribution is 5.83. The first-order valence-corrected chi connectivity index (χ1v) is 5.69. The second kappa shape index (κ2) is 4.47. The Hall–Kier alpha value is -1.64. The quantitative estimate of drug-likeness (QED) is 0.789. The van der Waals surface area contributed by atoms with Gasteiger partial charge in [0.25, 0.3) is 5.56 Å².